The van der Waals surface area contributed by atoms with Crippen molar-refractivity contribution in [3.63, 3.8) is 0 Å². The molecule has 0 aliphatic carbocycles. The molecule has 0 amide bonds. The summed E-state index contributed by atoms with van der Waals surface area (Å²) in [4.78, 5) is 21.0. The quantitative estimate of drug-likeness (QED) is 0.530. The van der Waals surface area contributed by atoms with Crippen molar-refractivity contribution in [1.82, 2.24) is 15.0 Å². The van der Waals surface area contributed by atoms with Crippen molar-refractivity contribution >= 4 is 17.5 Å². The molecule has 0 aromatic carbocycles. The van der Waals surface area contributed by atoms with Gasteiger partial charge in [0.25, 0.3) is 0 Å². The highest BCUT2D eigenvalue weighted by Gasteiger charge is 1.96. The maximum Gasteiger partial charge on any atom is 0.177 e. The lowest BCUT2D eigenvalue weighted by Gasteiger charge is -1.88. The Morgan fingerprint density at radius 2 is 2.43 bits per heavy atom. The number of carbonyl (C=O) groups is 1. The van der Waals surface area contributed by atoms with Crippen molar-refractivity contribution in [3.05, 3.63) is 24.2 Å². The van der Waals surface area contributed by atoms with E-state index in [0.29, 0.717) is 5.65 Å². The monoisotopic (exact) mass is 185 g/mol. The summed E-state index contributed by atoms with van der Waals surface area (Å²) in [7, 11) is 0. The van der Waals surface area contributed by atoms with Crippen LogP contribution in [0.2, 0.25) is 0 Å². The highest BCUT2D eigenvalue weighted by molar-refractivity contribution is 5.71. The Morgan fingerprint density at radius 3 is 3.29 bits per heavy atom. The number of aldehydes is 1. The fraction of sp³-hybridized carbons (Fsp3) is 0.100. The predicted octanol–water partition coefficient (Wildman–Crippen LogP) is 0.898. The van der Waals surface area contributed by atoms with Gasteiger partial charge in [0.2, 0.25) is 0 Å². The zero-order valence-corrected chi connectivity index (χ0v) is 7.32. The van der Waals surface area contributed by atoms with E-state index in [4.69, 9.17) is 0 Å². The minimum absolute atomic E-state index is 0.251. The Hall–Kier alpha value is -2.15. The predicted molar refractivity (Wildman–Crippen MR) is 51.4 cm³/mol. The lowest BCUT2D eigenvalue weighted by atomic mass is 10.2. The van der Waals surface area contributed by atoms with Gasteiger partial charge in [-0.25, -0.2) is 9.97 Å². The van der Waals surface area contributed by atoms with Crippen molar-refractivity contribution in [2.75, 3.05) is 0 Å². The Morgan fingerprint density at radius 1 is 1.50 bits per heavy atom. The maximum atomic E-state index is 10.0. The van der Waals surface area contributed by atoms with E-state index in [1.54, 1.807) is 12.5 Å². The van der Waals surface area contributed by atoms with Crippen LogP contribution in [0.5, 0.6) is 0 Å². The average molecular weight is 185 g/mol. The number of aromatic nitrogens is 3. The number of H-pyrrole nitrogens is 1. The third-order valence-electron chi connectivity index (χ3n) is 1.69. The third kappa shape index (κ3) is 1.62. The highest BCUT2D eigenvalue weighted by atomic mass is 16.1. The zero-order valence-electron chi connectivity index (χ0n) is 7.32. The van der Waals surface area contributed by atoms with Gasteiger partial charge in [-0.05, 0) is 6.07 Å². The van der Waals surface area contributed by atoms with Crippen LogP contribution in [-0.4, -0.2) is 21.2 Å². The minimum Gasteiger partial charge on any atom is -0.343 e. The Labute approximate surface area is 80.4 Å². The van der Waals surface area contributed by atoms with E-state index >= 15 is 0 Å². The second-order valence-corrected chi connectivity index (χ2v) is 2.67. The molecule has 0 radical (unpaired) electrons. The fourth-order valence-corrected chi connectivity index (χ4v) is 1.09. The third-order valence-corrected chi connectivity index (χ3v) is 1.69. The molecule has 0 fully saturated rings. The Kier molecular flexibility index (Phi) is 2.24. The van der Waals surface area contributed by atoms with Gasteiger partial charge in [-0.1, -0.05) is 11.8 Å². The molecular formula is C10H7N3O. The van der Waals surface area contributed by atoms with E-state index < -0.39 is 0 Å². The van der Waals surface area contributed by atoms with Gasteiger partial charge in [-0.3, -0.25) is 0 Å². The molecule has 14 heavy (non-hydrogen) atoms. The first-order valence-electron chi connectivity index (χ1n) is 4.12. The summed E-state index contributed by atoms with van der Waals surface area (Å²) in [6, 6.07) is 1.85. The SMILES string of the molecule is O=CCC#Cc1cnc2nc[nH]c2c1. The first kappa shape index (κ1) is 8.45. The van der Waals surface area contributed by atoms with Gasteiger partial charge in [-0.15, -0.1) is 0 Å². The van der Waals surface area contributed by atoms with Gasteiger partial charge >= 0.3 is 0 Å². The summed E-state index contributed by atoms with van der Waals surface area (Å²) in [6.07, 6.45) is 4.25. The van der Waals surface area contributed by atoms with Crippen molar-refractivity contribution in [2.45, 2.75) is 6.42 Å². The van der Waals surface area contributed by atoms with Crippen LogP contribution >= 0.6 is 0 Å². The van der Waals surface area contributed by atoms with E-state index in [1.165, 1.54) is 0 Å². The molecule has 0 bridgehead atoms. The smallest absolute Gasteiger partial charge is 0.177 e. The molecule has 2 aromatic heterocycles. The second-order valence-electron chi connectivity index (χ2n) is 2.67. The standard InChI is InChI=1S/C10H7N3O/c14-4-2-1-3-8-5-9-10(11-6-8)13-7-12-9/h4-7H,2H2,(H,11,12,13). The number of imidazole rings is 1. The Bertz CT molecular complexity index is 519. The lowest BCUT2D eigenvalue weighted by molar-refractivity contribution is -0.107. The van der Waals surface area contributed by atoms with Crippen LogP contribution in [0.25, 0.3) is 11.2 Å². The molecule has 2 aromatic rings. The molecule has 4 nitrogen and oxygen atoms in total. The molecule has 0 aliphatic heterocycles. The molecule has 4 heteroatoms. The molecule has 1 N–H and O–H groups in total. The molecule has 0 spiro atoms. The number of hydrogen-bond donors (Lipinski definition) is 1. The molecule has 0 saturated carbocycles. The molecule has 0 unspecified atom stereocenters. The zero-order chi connectivity index (χ0) is 9.80. The lowest BCUT2D eigenvalue weighted by Crippen LogP contribution is -1.80. The Balaban J connectivity index is 2.35. The van der Waals surface area contributed by atoms with E-state index in [0.717, 1.165) is 17.4 Å². The van der Waals surface area contributed by atoms with Gasteiger partial charge < -0.3 is 9.78 Å². The molecule has 68 valence electrons. The summed E-state index contributed by atoms with van der Waals surface area (Å²) in [6.45, 7) is 0. The van der Waals surface area contributed by atoms with E-state index in [-0.39, 0.29) is 6.42 Å². The first-order chi connectivity index (χ1) is 6.90. The number of carbonyl (C=O) groups excluding carboxylic acids is 1. The van der Waals surface area contributed by atoms with Crippen molar-refractivity contribution in [3.8, 4) is 11.8 Å². The van der Waals surface area contributed by atoms with E-state index in [1.807, 2.05) is 6.07 Å². The number of aromatic amines is 1. The highest BCUT2D eigenvalue weighted by Crippen LogP contribution is 2.06. The van der Waals surface area contributed by atoms with E-state index in [2.05, 4.69) is 26.8 Å². The van der Waals surface area contributed by atoms with Crippen LogP contribution in [0.4, 0.5) is 0 Å². The molecule has 2 heterocycles. The van der Waals surface area contributed by atoms with Crippen LogP contribution < -0.4 is 0 Å². The number of pyridine rings is 1. The summed E-state index contributed by atoms with van der Waals surface area (Å²) in [5, 5.41) is 0. The largest absolute Gasteiger partial charge is 0.343 e. The van der Waals surface area contributed by atoms with Crippen molar-refractivity contribution in [2.24, 2.45) is 0 Å². The van der Waals surface area contributed by atoms with Crippen LogP contribution in [0, 0.1) is 11.8 Å². The summed E-state index contributed by atoms with van der Waals surface area (Å²) >= 11 is 0. The number of rotatable bonds is 1. The first-order valence-corrected chi connectivity index (χ1v) is 4.12. The van der Waals surface area contributed by atoms with Gasteiger partial charge in [0.15, 0.2) is 5.65 Å². The van der Waals surface area contributed by atoms with Crippen LogP contribution in [0.15, 0.2) is 18.6 Å². The number of hydrogen-bond acceptors (Lipinski definition) is 3. The normalized spacial score (nSPS) is 9.43. The number of nitrogens with one attached hydrogen (secondary N) is 1. The molecular weight excluding hydrogens is 178 g/mol. The minimum atomic E-state index is 0.251. The topological polar surface area (TPSA) is 58.6 Å². The molecule has 2 rings (SSSR count). The summed E-state index contributed by atoms with van der Waals surface area (Å²) in [5.74, 6) is 5.55. The number of nitrogens with zero attached hydrogens (tertiary/aromatic N) is 2. The molecule has 0 aliphatic rings. The number of fused-ring (bicyclic) bond motifs is 1. The van der Waals surface area contributed by atoms with Crippen LogP contribution in [0.1, 0.15) is 12.0 Å². The average Bonchev–Trinajstić information content (AvgIpc) is 2.65. The fourth-order valence-electron chi connectivity index (χ4n) is 1.09. The second kappa shape index (κ2) is 3.71. The molecule has 0 saturated heterocycles. The maximum absolute atomic E-state index is 10.0. The van der Waals surface area contributed by atoms with Crippen LogP contribution in [-0.2, 0) is 4.79 Å². The van der Waals surface area contributed by atoms with Gasteiger partial charge in [0, 0.05) is 11.8 Å². The van der Waals surface area contributed by atoms with Gasteiger partial charge in [0.05, 0.1) is 18.3 Å². The van der Waals surface area contributed by atoms with Gasteiger partial charge in [-0.2, -0.15) is 0 Å². The summed E-state index contributed by atoms with van der Waals surface area (Å²) in [5.41, 5.74) is 2.30. The van der Waals surface area contributed by atoms with E-state index in [9.17, 15) is 4.79 Å². The molecule has 0 atom stereocenters. The van der Waals surface area contributed by atoms with Crippen molar-refractivity contribution in [1.29, 1.82) is 0 Å². The van der Waals surface area contributed by atoms with Gasteiger partial charge in [0.1, 0.15) is 6.29 Å². The van der Waals surface area contributed by atoms with Crippen LogP contribution in [0.3, 0.4) is 0 Å². The van der Waals surface area contributed by atoms with Crippen molar-refractivity contribution < 1.29 is 4.79 Å². The summed E-state index contributed by atoms with van der Waals surface area (Å²) < 4.78 is 0.